The van der Waals surface area contributed by atoms with Crippen LogP contribution in [0.25, 0.3) is 0 Å². The predicted molar refractivity (Wildman–Crippen MR) is 54.3 cm³/mol. The van der Waals surface area contributed by atoms with Crippen molar-refractivity contribution in [2.75, 3.05) is 0 Å². The molecule has 0 aromatic carbocycles. The Morgan fingerprint density at radius 3 is 2.13 bits per heavy atom. The van der Waals surface area contributed by atoms with Gasteiger partial charge in [0.05, 0.1) is 0 Å². The molecule has 1 N–H and O–H groups in total. The zero-order chi connectivity index (χ0) is 8.93. The van der Waals surface area contributed by atoms with Crippen molar-refractivity contribution in [3.05, 3.63) is 22.2 Å². The molecule has 0 spiro atoms. The molecular formula is C10H16Cl2NSiZr. The first-order chi connectivity index (χ1) is 5.49. The molecule has 1 aliphatic heterocycles. The molecule has 1 radical (unpaired) electrons. The van der Waals surface area contributed by atoms with E-state index in [1.807, 2.05) is 0 Å². The van der Waals surface area contributed by atoms with E-state index in [9.17, 15) is 0 Å². The first-order valence-electron chi connectivity index (χ1n) is 4.61. The fraction of sp³-hybridized carbons (Fsp3) is 0.600. The monoisotopic (exact) mass is 338 g/mol. The standard InChI is InChI=1S/C10H16NSi.2ClH.Zr/c1-10(2,3)11-7-5-6-8-9(7)12(8)4;;;/h11-12H,5H2,1-4H3;2*1H;/q-1;;;+3/p-2. The van der Waals surface area contributed by atoms with Crippen LogP contribution < -0.4 is 30.1 Å². The van der Waals surface area contributed by atoms with Crippen molar-refractivity contribution in [3.8, 4) is 0 Å². The summed E-state index contributed by atoms with van der Waals surface area (Å²) in [5, 5.41) is 6.84. The minimum atomic E-state index is -0.536. The number of nitrogens with one attached hydrogen (secondary N) is 1. The molecule has 1 nitrogen and oxygen atoms in total. The molecule has 0 aromatic heterocycles. The van der Waals surface area contributed by atoms with Gasteiger partial charge in [-0.2, -0.15) is 5.20 Å². The molecule has 1 atom stereocenters. The molecule has 0 saturated carbocycles. The largest absolute Gasteiger partial charge is 3.00 e. The van der Waals surface area contributed by atoms with Crippen molar-refractivity contribution in [2.24, 2.45) is 0 Å². The molecule has 0 aromatic rings. The van der Waals surface area contributed by atoms with E-state index in [-0.39, 0.29) is 56.6 Å². The fourth-order valence-corrected chi connectivity index (χ4v) is 4.40. The molecule has 0 amide bonds. The van der Waals surface area contributed by atoms with Crippen molar-refractivity contribution in [2.45, 2.75) is 39.3 Å². The second-order valence-electron chi connectivity index (χ2n) is 4.76. The average Bonchev–Trinajstić information content (AvgIpc) is 2.35. The molecule has 1 fully saturated rings. The second kappa shape index (κ2) is 6.05. The van der Waals surface area contributed by atoms with Crippen molar-refractivity contribution < 1.29 is 51.0 Å². The third-order valence-electron chi connectivity index (χ3n) is 2.38. The smallest absolute Gasteiger partial charge is 1.00 e. The molecule has 83 valence electrons. The maximum absolute atomic E-state index is 3.57. The van der Waals surface area contributed by atoms with Crippen LogP contribution in [-0.4, -0.2) is 14.3 Å². The van der Waals surface area contributed by atoms with Crippen LogP contribution in [0.15, 0.2) is 16.1 Å². The molecular weight excluding hydrogens is 324 g/mol. The summed E-state index contributed by atoms with van der Waals surface area (Å²) >= 11 is 0. The maximum Gasteiger partial charge on any atom is 3.00 e. The van der Waals surface area contributed by atoms with Crippen molar-refractivity contribution >= 4 is 8.80 Å². The topological polar surface area (TPSA) is 12.0 Å². The summed E-state index contributed by atoms with van der Waals surface area (Å²) in [6.45, 7) is 9.04. The van der Waals surface area contributed by atoms with Gasteiger partial charge in [0.2, 0.25) is 0 Å². The second-order valence-corrected chi connectivity index (χ2v) is 7.35. The Bertz CT molecular complexity index is 294. The fourth-order valence-electron chi connectivity index (χ4n) is 1.85. The van der Waals surface area contributed by atoms with Crippen LogP contribution in [0, 0.1) is 6.08 Å². The van der Waals surface area contributed by atoms with E-state index in [4.69, 9.17) is 0 Å². The van der Waals surface area contributed by atoms with Crippen LogP contribution in [0.2, 0.25) is 6.55 Å². The molecule has 1 aliphatic carbocycles. The van der Waals surface area contributed by atoms with Crippen molar-refractivity contribution in [1.29, 1.82) is 0 Å². The first kappa shape index (κ1) is 18.3. The van der Waals surface area contributed by atoms with Crippen LogP contribution in [0.4, 0.5) is 0 Å². The number of fused-ring (bicyclic) bond motifs is 1. The van der Waals surface area contributed by atoms with Gasteiger partial charge in [-0.15, -0.1) is 0 Å². The van der Waals surface area contributed by atoms with Crippen LogP contribution >= 0.6 is 0 Å². The van der Waals surface area contributed by atoms with Gasteiger partial charge in [-0.25, -0.2) is 5.20 Å². The molecule has 2 aliphatic rings. The molecule has 1 unspecified atom stereocenters. The summed E-state index contributed by atoms with van der Waals surface area (Å²) < 4.78 is 0. The number of halogens is 2. The van der Waals surface area contributed by atoms with E-state index in [1.54, 1.807) is 10.4 Å². The Balaban J connectivity index is 0. The Morgan fingerprint density at radius 2 is 1.80 bits per heavy atom. The van der Waals surface area contributed by atoms with E-state index in [0.717, 1.165) is 6.42 Å². The number of rotatable bonds is 1. The van der Waals surface area contributed by atoms with E-state index < -0.39 is 8.80 Å². The summed E-state index contributed by atoms with van der Waals surface area (Å²) in [5.41, 5.74) is 1.69. The SMILES string of the molecule is C[SiH]1C2=[C-]CC(NC(C)(C)C)=C21.[Cl-].[Cl-].[Zr+3]. The van der Waals surface area contributed by atoms with Gasteiger partial charge in [0.25, 0.3) is 0 Å². The van der Waals surface area contributed by atoms with Gasteiger partial charge < -0.3 is 30.1 Å². The summed E-state index contributed by atoms with van der Waals surface area (Å²) in [4.78, 5) is 0. The molecule has 5 heteroatoms. The van der Waals surface area contributed by atoms with Gasteiger partial charge in [0.1, 0.15) is 0 Å². The molecule has 1 heterocycles. The molecule has 15 heavy (non-hydrogen) atoms. The Morgan fingerprint density at radius 1 is 1.27 bits per heavy atom. The Hall–Kier alpha value is 0.960. The maximum atomic E-state index is 3.57. The molecule has 1 saturated heterocycles. The number of hydrogen-bond donors (Lipinski definition) is 1. The van der Waals surface area contributed by atoms with Gasteiger partial charge in [0, 0.05) is 5.54 Å². The minimum Gasteiger partial charge on any atom is -1.00 e. The van der Waals surface area contributed by atoms with Gasteiger partial charge in [0.15, 0.2) is 0 Å². The zero-order valence-electron chi connectivity index (χ0n) is 9.54. The molecule has 2 rings (SSSR count). The van der Waals surface area contributed by atoms with Crippen LogP contribution in [-0.2, 0) is 26.2 Å². The minimum absolute atomic E-state index is 0. The Kier molecular flexibility index (Phi) is 7.39. The average molecular weight is 340 g/mol. The van der Waals surface area contributed by atoms with Gasteiger partial charge >= 0.3 is 26.2 Å². The first-order valence-corrected chi connectivity index (χ1v) is 6.92. The van der Waals surface area contributed by atoms with E-state index in [1.165, 1.54) is 5.70 Å². The quantitative estimate of drug-likeness (QED) is 0.376. The summed E-state index contributed by atoms with van der Waals surface area (Å²) in [6, 6.07) is 0. The van der Waals surface area contributed by atoms with E-state index >= 15 is 0 Å². The van der Waals surface area contributed by atoms with Crippen LogP contribution in [0.3, 0.4) is 0 Å². The van der Waals surface area contributed by atoms with Crippen LogP contribution in [0.5, 0.6) is 0 Å². The van der Waals surface area contributed by atoms with E-state index in [2.05, 4.69) is 38.7 Å². The molecule has 0 bridgehead atoms. The van der Waals surface area contributed by atoms with Crippen molar-refractivity contribution in [3.63, 3.8) is 0 Å². The predicted octanol–water partition coefficient (Wildman–Crippen LogP) is -4.28. The normalized spacial score (nSPS) is 21.6. The van der Waals surface area contributed by atoms with Gasteiger partial charge in [-0.3, -0.25) is 6.08 Å². The zero-order valence-corrected chi connectivity index (χ0v) is 14.7. The van der Waals surface area contributed by atoms with Gasteiger partial charge in [-0.05, 0) is 29.6 Å². The Labute approximate surface area is 126 Å². The van der Waals surface area contributed by atoms with Gasteiger partial charge in [-0.1, -0.05) is 18.7 Å². The number of allylic oxidation sites excluding steroid dienone is 3. The van der Waals surface area contributed by atoms with Crippen LogP contribution in [0.1, 0.15) is 27.2 Å². The third-order valence-corrected chi connectivity index (χ3v) is 4.95. The van der Waals surface area contributed by atoms with Crippen molar-refractivity contribution in [1.82, 2.24) is 5.32 Å². The summed E-state index contributed by atoms with van der Waals surface area (Å²) in [7, 11) is -0.536. The number of hydrogen-bond acceptors (Lipinski definition) is 1. The summed E-state index contributed by atoms with van der Waals surface area (Å²) in [5.74, 6) is 0. The van der Waals surface area contributed by atoms with E-state index in [0.29, 0.717) is 0 Å². The third kappa shape index (κ3) is 4.03. The summed E-state index contributed by atoms with van der Waals surface area (Å²) in [6.07, 6.45) is 4.50.